The van der Waals surface area contributed by atoms with Crippen molar-refractivity contribution in [3.63, 3.8) is 0 Å². The van der Waals surface area contributed by atoms with Crippen molar-refractivity contribution < 1.29 is 38.2 Å². The van der Waals surface area contributed by atoms with E-state index in [9.17, 15) is 28.8 Å². The number of ether oxygens (including phenoxy) is 2. The number of Topliss-reactive ketones (excluding diaryl/α,β-unsaturated/α-hetero) is 2. The predicted molar refractivity (Wildman–Crippen MR) is 205 cm³/mol. The van der Waals surface area contributed by atoms with Crippen LogP contribution in [0.15, 0.2) is 152 Å². The van der Waals surface area contributed by atoms with Crippen LogP contribution in [0, 0.1) is 0 Å². The summed E-state index contributed by atoms with van der Waals surface area (Å²) in [7, 11) is 0. The van der Waals surface area contributed by atoms with Gasteiger partial charge in [-0.25, -0.2) is 14.5 Å². The van der Waals surface area contributed by atoms with E-state index >= 15 is 0 Å². The number of hydrogen-bond donors (Lipinski definition) is 0. The first kappa shape index (κ1) is 36.7. The molecule has 6 aromatic rings. The van der Waals surface area contributed by atoms with Crippen molar-refractivity contribution >= 4 is 64.2 Å². The summed E-state index contributed by atoms with van der Waals surface area (Å²) in [5.74, 6) is -4.18. The third-order valence-electron chi connectivity index (χ3n) is 8.85. The van der Waals surface area contributed by atoms with E-state index in [4.69, 9.17) is 32.7 Å². The number of imide groups is 1. The molecule has 0 bridgehead atoms. The van der Waals surface area contributed by atoms with E-state index in [1.54, 1.807) is 84.9 Å². The monoisotopic (exact) mass is 767 g/mol. The van der Waals surface area contributed by atoms with Gasteiger partial charge in [0.25, 0.3) is 11.8 Å². The molecule has 2 amide bonds. The Morgan fingerprint density at radius 1 is 0.455 bits per heavy atom. The van der Waals surface area contributed by atoms with E-state index in [0.717, 1.165) is 4.90 Å². The van der Waals surface area contributed by atoms with Gasteiger partial charge >= 0.3 is 11.9 Å². The van der Waals surface area contributed by atoms with E-state index < -0.39 is 47.5 Å². The molecule has 0 spiro atoms. The molecule has 0 aromatic heterocycles. The Kier molecular flexibility index (Phi) is 10.5. The molecular weight excluding hydrogens is 741 g/mol. The zero-order valence-corrected chi connectivity index (χ0v) is 30.1. The highest BCUT2D eigenvalue weighted by Gasteiger charge is 2.38. The van der Waals surface area contributed by atoms with Crippen molar-refractivity contribution in [2.24, 2.45) is 0 Å². The summed E-state index contributed by atoms with van der Waals surface area (Å²) in [5, 5.41) is 0.866. The maximum atomic E-state index is 13.8. The molecule has 1 aliphatic rings. The first-order valence-electron chi connectivity index (χ1n) is 16.8. The van der Waals surface area contributed by atoms with E-state index in [0.29, 0.717) is 21.2 Å². The smallest absolute Gasteiger partial charge is 0.339 e. The fourth-order valence-electron chi connectivity index (χ4n) is 6.06. The third kappa shape index (κ3) is 7.70. The summed E-state index contributed by atoms with van der Waals surface area (Å²) in [6.45, 7) is 0. The zero-order valence-electron chi connectivity index (χ0n) is 28.6. The Hall–Kier alpha value is -6.68. The van der Waals surface area contributed by atoms with E-state index in [1.165, 1.54) is 66.7 Å². The number of rotatable bonds is 11. The van der Waals surface area contributed by atoms with E-state index in [2.05, 4.69) is 0 Å². The van der Waals surface area contributed by atoms with Gasteiger partial charge in [-0.1, -0.05) is 89.9 Å². The SMILES string of the molecule is O=C(O[C@@H](C(=O)c1ccc(Cl)cc1)c1ccccc1)c1cccc(N2C(=O)c3ccc(C(=O)O[C@@H](C(=O)c4ccc(Cl)cc4)c4ccccc4)cc3C2=O)c1. The Bertz CT molecular complexity index is 2470. The second-order valence-corrected chi connectivity index (χ2v) is 13.3. The lowest BCUT2D eigenvalue weighted by Gasteiger charge is -2.19. The summed E-state index contributed by atoms with van der Waals surface area (Å²) in [6, 6.07) is 38.9. The molecule has 1 aliphatic heterocycles. The molecule has 0 fully saturated rings. The minimum absolute atomic E-state index is 0.0177. The van der Waals surface area contributed by atoms with Crippen molar-refractivity contribution in [1.29, 1.82) is 0 Å². The van der Waals surface area contributed by atoms with Crippen LogP contribution in [0.5, 0.6) is 0 Å². The maximum absolute atomic E-state index is 13.8. The molecule has 0 unspecified atom stereocenters. The molecule has 0 radical (unpaired) electrons. The molecule has 11 heteroatoms. The molecule has 270 valence electrons. The maximum Gasteiger partial charge on any atom is 0.339 e. The molecule has 6 aromatic carbocycles. The van der Waals surface area contributed by atoms with E-state index in [-0.39, 0.29) is 39.1 Å². The minimum atomic E-state index is -1.32. The van der Waals surface area contributed by atoms with Gasteiger partial charge in [0.1, 0.15) is 0 Å². The molecule has 0 aliphatic carbocycles. The molecule has 7 rings (SSSR count). The number of amides is 2. The predicted octanol–water partition coefficient (Wildman–Crippen LogP) is 9.36. The van der Waals surface area contributed by atoms with Gasteiger partial charge in [-0.15, -0.1) is 0 Å². The topological polar surface area (TPSA) is 124 Å². The molecule has 2 atom stereocenters. The van der Waals surface area contributed by atoms with Gasteiger partial charge in [0.05, 0.1) is 27.9 Å². The number of nitrogens with zero attached hydrogens (tertiary/aromatic N) is 1. The second kappa shape index (κ2) is 15.7. The fraction of sp³-hybridized carbons (Fsp3) is 0.0455. The molecule has 0 saturated carbocycles. The van der Waals surface area contributed by atoms with Crippen LogP contribution >= 0.6 is 23.2 Å². The van der Waals surface area contributed by atoms with Gasteiger partial charge in [-0.3, -0.25) is 19.2 Å². The van der Waals surface area contributed by atoms with Crippen LogP contribution in [0.3, 0.4) is 0 Å². The molecule has 0 N–H and O–H groups in total. The Balaban J connectivity index is 1.12. The lowest BCUT2D eigenvalue weighted by molar-refractivity contribution is 0.0278. The van der Waals surface area contributed by atoms with Crippen LogP contribution in [-0.4, -0.2) is 35.3 Å². The van der Waals surface area contributed by atoms with Gasteiger partial charge in [-0.2, -0.15) is 0 Å². The average Bonchev–Trinajstić information content (AvgIpc) is 3.47. The van der Waals surface area contributed by atoms with Crippen LogP contribution in [0.2, 0.25) is 10.0 Å². The summed E-state index contributed by atoms with van der Waals surface area (Å²) >= 11 is 12.0. The largest absolute Gasteiger partial charge is 0.445 e. The fourth-order valence-corrected chi connectivity index (χ4v) is 6.31. The van der Waals surface area contributed by atoms with Gasteiger partial charge in [0.15, 0.2) is 12.2 Å². The Morgan fingerprint density at radius 3 is 1.38 bits per heavy atom. The number of carbonyl (C=O) groups excluding carboxylic acids is 6. The minimum Gasteiger partial charge on any atom is -0.445 e. The number of ketones is 2. The van der Waals surface area contributed by atoms with Crippen LogP contribution in [0.1, 0.15) is 85.5 Å². The first-order valence-corrected chi connectivity index (χ1v) is 17.6. The summed E-state index contributed by atoms with van der Waals surface area (Å²) in [5.41, 5.74) is 1.31. The normalized spacial score (nSPS) is 13.1. The quantitative estimate of drug-likeness (QED) is 0.0726. The number of benzene rings is 6. The van der Waals surface area contributed by atoms with Crippen molar-refractivity contribution in [1.82, 2.24) is 0 Å². The standard InChI is InChI=1S/C44H27Cl2NO8/c45-32-19-14-26(15-20-32)37(48)39(28-8-3-1-4-9-28)54-43(52)30-12-7-13-34(24-30)47-41(50)35-23-18-31(25-36(35)42(47)51)44(53)55-40(29-10-5-2-6-11-29)38(49)27-16-21-33(46)22-17-27/h1-25,39-40H/t39-,40-/m1/s1. The molecule has 0 saturated heterocycles. The second-order valence-electron chi connectivity index (χ2n) is 12.4. The van der Waals surface area contributed by atoms with Crippen LogP contribution in [-0.2, 0) is 9.47 Å². The third-order valence-corrected chi connectivity index (χ3v) is 9.35. The Labute approximate surface area is 324 Å². The summed E-state index contributed by atoms with van der Waals surface area (Å²) < 4.78 is 11.5. The van der Waals surface area contributed by atoms with Crippen molar-refractivity contribution in [2.45, 2.75) is 12.2 Å². The van der Waals surface area contributed by atoms with Gasteiger partial charge in [0, 0.05) is 32.3 Å². The lowest BCUT2D eigenvalue weighted by Crippen LogP contribution is -2.29. The number of anilines is 1. The van der Waals surface area contributed by atoms with Crippen LogP contribution < -0.4 is 4.90 Å². The highest BCUT2D eigenvalue weighted by Crippen LogP contribution is 2.32. The van der Waals surface area contributed by atoms with E-state index in [1.807, 2.05) is 0 Å². The van der Waals surface area contributed by atoms with Gasteiger partial charge in [-0.05, 0) is 84.9 Å². The van der Waals surface area contributed by atoms with Gasteiger partial charge < -0.3 is 9.47 Å². The van der Waals surface area contributed by atoms with Crippen LogP contribution in [0.4, 0.5) is 5.69 Å². The first-order chi connectivity index (χ1) is 26.6. The molecular formula is C44H27Cl2NO8. The zero-order chi connectivity index (χ0) is 38.6. The van der Waals surface area contributed by atoms with Crippen molar-refractivity contribution in [2.75, 3.05) is 4.90 Å². The number of fused-ring (bicyclic) bond motifs is 1. The number of carbonyl (C=O) groups is 6. The molecule has 1 heterocycles. The highest BCUT2D eigenvalue weighted by atomic mass is 35.5. The van der Waals surface area contributed by atoms with Crippen molar-refractivity contribution in [3.8, 4) is 0 Å². The van der Waals surface area contributed by atoms with Gasteiger partial charge in [0.2, 0.25) is 11.6 Å². The number of esters is 2. The van der Waals surface area contributed by atoms with Crippen LogP contribution in [0.25, 0.3) is 0 Å². The number of halogens is 2. The Morgan fingerprint density at radius 2 is 0.891 bits per heavy atom. The highest BCUT2D eigenvalue weighted by molar-refractivity contribution is 6.35. The van der Waals surface area contributed by atoms with Crippen molar-refractivity contribution in [3.05, 3.63) is 206 Å². The summed E-state index contributed by atoms with van der Waals surface area (Å²) in [6.07, 6.45) is -2.62. The average molecular weight is 769 g/mol. The molecule has 9 nitrogen and oxygen atoms in total. The summed E-state index contributed by atoms with van der Waals surface area (Å²) in [4.78, 5) is 82.5. The molecule has 55 heavy (non-hydrogen) atoms. The number of hydrogen-bond acceptors (Lipinski definition) is 8. The lowest BCUT2D eigenvalue weighted by atomic mass is 9.99.